The van der Waals surface area contributed by atoms with Gasteiger partial charge >= 0.3 is 5.97 Å². The van der Waals surface area contributed by atoms with Crippen LogP contribution in [0, 0.1) is 5.82 Å². The molecule has 1 rings (SSSR count). The molecule has 0 aliphatic carbocycles. The second-order valence-corrected chi connectivity index (χ2v) is 6.27. The van der Waals surface area contributed by atoms with Crippen LogP contribution in [0.1, 0.15) is 10.4 Å². The number of hydrogen-bond acceptors (Lipinski definition) is 5. The van der Waals surface area contributed by atoms with E-state index in [0.717, 1.165) is 6.07 Å². The van der Waals surface area contributed by atoms with Gasteiger partial charge in [0.15, 0.2) is 0 Å². The summed E-state index contributed by atoms with van der Waals surface area (Å²) in [6.45, 7) is 0.108. The SMILES string of the molecule is COCCOC(=O)c1cc(S(=O)(=O)Cl)c(F)cc1Cl. The predicted molar refractivity (Wildman–Crippen MR) is 66.6 cm³/mol. The van der Waals surface area contributed by atoms with Crippen LogP contribution in [0.4, 0.5) is 4.39 Å². The Labute approximate surface area is 118 Å². The molecule has 0 atom stereocenters. The van der Waals surface area contributed by atoms with Gasteiger partial charge in [0.25, 0.3) is 9.05 Å². The van der Waals surface area contributed by atoms with Gasteiger partial charge in [-0.2, -0.15) is 0 Å². The van der Waals surface area contributed by atoms with E-state index in [2.05, 4.69) is 4.74 Å². The second-order valence-electron chi connectivity index (χ2n) is 3.33. The molecule has 0 amide bonds. The highest BCUT2D eigenvalue weighted by Crippen LogP contribution is 2.26. The van der Waals surface area contributed by atoms with Gasteiger partial charge in [-0.1, -0.05) is 11.6 Å². The maximum atomic E-state index is 13.4. The zero-order valence-corrected chi connectivity index (χ0v) is 12.0. The number of benzene rings is 1. The van der Waals surface area contributed by atoms with Gasteiger partial charge in [-0.3, -0.25) is 0 Å². The first kappa shape index (κ1) is 16.2. The standard InChI is InChI=1S/C10H9Cl2FO5S/c1-17-2-3-18-10(14)6-4-9(19(12,15)16)8(13)5-7(6)11/h4-5H,2-3H2,1H3. The van der Waals surface area contributed by atoms with Crippen LogP contribution in [0.5, 0.6) is 0 Å². The maximum Gasteiger partial charge on any atom is 0.339 e. The number of methoxy groups -OCH3 is 1. The molecule has 106 valence electrons. The molecule has 9 heteroatoms. The van der Waals surface area contributed by atoms with Gasteiger partial charge in [0.05, 0.1) is 17.2 Å². The van der Waals surface area contributed by atoms with E-state index in [1.807, 2.05) is 0 Å². The normalized spacial score (nSPS) is 11.4. The van der Waals surface area contributed by atoms with E-state index in [1.54, 1.807) is 0 Å². The average Bonchev–Trinajstić information content (AvgIpc) is 2.27. The smallest absolute Gasteiger partial charge is 0.339 e. The molecule has 19 heavy (non-hydrogen) atoms. The van der Waals surface area contributed by atoms with Crippen molar-refractivity contribution in [3.63, 3.8) is 0 Å². The summed E-state index contributed by atoms with van der Waals surface area (Å²) in [4.78, 5) is 10.8. The van der Waals surface area contributed by atoms with E-state index in [1.165, 1.54) is 7.11 Å². The fourth-order valence-electron chi connectivity index (χ4n) is 1.17. The average molecular weight is 331 g/mol. The zero-order valence-electron chi connectivity index (χ0n) is 9.65. The van der Waals surface area contributed by atoms with Gasteiger partial charge in [-0.25, -0.2) is 17.6 Å². The van der Waals surface area contributed by atoms with E-state index in [0.29, 0.717) is 6.07 Å². The van der Waals surface area contributed by atoms with Crippen molar-refractivity contribution in [1.82, 2.24) is 0 Å². The summed E-state index contributed by atoms with van der Waals surface area (Å²) in [5.41, 5.74) is -0.293. The molecule has 0 bridgehead atoms. The Bertz CT molecular complexity index is 588. The number of ether oxygens (including phenoxy) is 2. The molecule has 0 fully saturated rings. The molecule has 1 aromatic rings. The maximum absolute atomic E-state index is 13.4. The van der Waals surface area contributed by atoms with E-state index in [4.69, 9.17) is 27.0 Å². The molecule has 1 aromatic carbocycles. The minimum Gasteiger partial charge on any atom is -0.460 e. The second kappa shape index (κ2) is 6.51. The monoisotopic (exact) mass is 330 g/mol. The van der Waals surface area contributed by atoms with Gasteiger partial charge < -0.3 is 9.47 Å². The summed E-state index contributed by atoms with van der Waals surface area (Å²) in [6, 6.07) is 1.42. The fraction of sp³-hybridized carbons (Fsp3) is 0.300. The van der Waals surface area contributed by atoms with Crippen LogP contribution in [-0.4, -0.2) is 34.7 Å². The minimum absolute atomic E-state index is 0.0496. The van der Waals surface area contributed by atoms with E-state index in [9.17, 15) is 17.6 Å². The molecule has 0 N–H and O–H groups in total. The lowest BCUT2D eigenvalue weighted by atomic mass is 10.2. The van der Waals surface area contributed by atoms with Crippen LogP contribution < -0.4 is 0 Å². The summed E-state index contributed by atoms with van der Waals surface area (Å²) in [5, 5.41) is -0.274. The Balaban J connectivity index is 3.11. The Morgan fingerprint density at radius 1 is 1.37 bits per heavy atom. The van der Waals surface area contributed by atoms with Crippen LogP contribution >= 0.6 is 22.3 Å². The fourth-order valence-corrected chi connectivity index (χ4v) is 2.30. The zero-order chi connectivity index (χ0) is 14.6. The Morgan fingerprint density at radius 2 is 2.00 bits per heavy atom. The first-order valence-corrected chi connectivity index (χ1v) is 7.56. The van der Waals surface area contributed by atoms with Crippen LogP contribution in [0.2, 0.25) is 5.02 Å². The molecule has 5 nitrogen and oxygen atoms in total. The third-order valence-corrected chi connectivity index (χ3v) is 3.67. The van der Waals surface area contributed by atoms with Crippen LogP contribution in [0.25, 0.3) is 0 Å². The number of halogens is 3. The molecule has 0 saturated heterocycles. The summed E-state index contributed by atoms with van der Waals surface area (Å²) < 4.78 is 45.0. The molecule has 0 radical (unpaired) electrons. The topological polar surface area (TPSA) is 69.7 Å². The molecule has 0 unspecified atom stereocenters. The van der Waals surface area contributed by atoms with E-state index in [-0.39, 0.29) is 23.8 Å². The van der Waals surface area contributed by atoms with Crippen molar-refractivity contribution >= 4 is 37.3 Å². The van der Waals surface area contributed by atoms with Crippen LogP contribution in [0.3, 0.4) is 0 Å². The number of carbonyl (C=O) groups is 1. The predicted octanol–water partition coefficient (Wildman–Crippen LogP) is 2.21. The first-order valence-electron chi connectivity index (χ1n) is 4.87. The lowest BCUT2D eigenvalue weighted by Gasteiger charge is -2.07. The number of carbonyl (C=O) groups excluding carboxylic acids is 1. The van der Waals surface area contributed by atoms with Gasteiger partial charge in [0.2, 0.25) is 0 Å². The van der Waals surface area contributed by atoms with Crippen molar-refractivity contribution < 1.29 is 27.1 Å². The Hall–Kier alpha value is -0.890. The number of hydrogen-bond donors (Lipinski definition) is 0. The molecule has 0 aliphatic rings. The van der Waals surface area contributed by atoms with Crippen molar-refractivity contribution in [2.45, 2.75) is 4.90 Å². The van der Waals surface area contributed by atoms with E-state index >= 15 is 0 Å². The molecule has 0 aromatic heterocycles. The minimum atomic E-state index is -4.33. The Morgan fingerprint density at radius 3 is 2.53 bits per heavy atom. The first-order chi connectivity index (χ1) is 8.77. The molecule has 0 heterocycles. The third kappa shape index (κ3) is 4.31. The molecule has 0 aliphatic heterocycles. The highest BCUT2D eigenvalue weighted by atomic mass is 35.7. The van der Waals surface area contributed by atoms with Crippen molar-refractivity contribution in [3.05, 3.63) is 28.5 Å². The third-order valence-electron chi connectivity index (χ3n) is 2.02. The van der Waals surface area contributed by atoms with Crippen LogP contribution in [0.15, 0.2) is 17.0 Å². The van der Waals surface area contributed by atoms with Gasteiger partial charge in [-0.05, 0) is 12.1 Å². The van der Waals surface area contributed by atoms with Crippen molar-refractivity contribution in [2.75, 3.05) is 20.3 Å². The lowest BCUT2D eigenvalue weighted by molar-refractivity contribution is 0.0388. The highest BCUT2D eigenvalue weighted by Gasteiger charge is 2.22. The van der Waals surface area contributed by atoms with Crippen molar-refractivity contribution in [3.8, 4) is 0 Å². The number of rotatable bonds is 5. The largest absolute Gasteiger partial charge is 0.460 e. The van der Waals surface area contributed by atoms with Gasteiger partial charge in [-0.15, -0.1) is 0 Å². The summed E-state index contributed by atoms with van der Waals surface area (Å²) >= 11 is 5.65. The summed E-state index contributed by atoms with van der Waals surface area (Å²) in [5.74, 6) is -2.04. The van der Waals surface area contributed by atoms with Gasteiger partial charge in [0.1, 0.15) is 17.3 Å². The molecular formula is C10H9Cl2FO5S. The highest BCUT2D eigenvalue weighted by molar-refractivity contribution is 8.13. The Kier molecular flexibility index (Phi) is 5.54. The van der Waals surface area contributed by atoms with Crippen molar-refractivity contribution in [1.29, 1.82) is 0 Å². The summed E-state index contributed by atoms with van der Waals surface area (Å²) in [7, 11) is 2.12. The van der Waals surface area contributed by atoms with E-state index < -0.39 is 25.7 Å². The molecular weight excluding hydrogens is 322 g/mol. The quantitative estimate of drug-likeness (QED) is 0.470. The lowest BCUT2D eigenvalue weighted by Crippen LogP contribution is -2.11. The summed E-state index contributed by atoms with van der Waals surface area (Å²) in [6.07, 6.45) is 0. The van der Waals surface area contributed by atoms with Crippen LogP contribution in [-0.2, 0) is 18.5 Å². The number of esters is 1. The van der Waals surface area contributed by atoms with Gasteiger partial charge in [0, 0.05) is 17.8 Å². The molecule has 0 saturated carbocycles. The van der Waals surface area contributed by atoms with Crippen molar-refractivity contribution in [2.24, 2.45) is 0 Å². The molecule has 0 spiro atoms.